The highest BCUT2D eigenvalue weighted by Crippen LogP contribution is 2.37. The summed E-state index contributed by atoms with van der Waals surface area (Å²) in [4.78, 5) is 15.1. The molecule has 1 atom stereocenters. The Kier molecular flexibility index (Phi) is 5.71. The molecular weight excluding hydrogens is 548 g/mol. The molecule has 0 radical (unpaired) electrons. The van der Waals surface area contributed by atoms with Crippen LogP contribution in [0.1, 0.15) is 11.6 Å². The van der Waals surface area contributed by atoms with Crippen molar-refractivity contribution in [2.24, 2.45) is 0 Å². The lowest BCUT2D eigenvalue weighted by atomic mass is 10.1. The van der Waals surface area contributed by atoms with E-state index in [0.29, 0.717) is 5.70 Å². The van der Waals surface area contributed by atoms with Gasteiger partial charge in [0.15, 0.2) is 0 Å². The summed E-state index contributed by atoms with van der Waals surface area (Å²) in [7, 11) is 0. The van der Waals surface area contributed by atoms with E-state index < -0.39 is 0 Å². The molecule has 0 spiro atoms. The van der Waals surface area contributed by atoms with E-state index in [4.69, 9.17) is 0 Å². The summed E-state index contributed by atoms with van der Waals surface area (Å²) >= 11 is 10.4. The topological polar surface area (TPSA) is 32.3 Å². The highest BCUT2D eigenvalue weighted by atomic mass is 79.9. The molecule has 3 nitrogen and oxygen atoms in total. The van der Waals surface area contributed by atoms with E-state index in [1.165, 1.54) is 0 Å². The van der Waals surface area contributed by atoms with Gasteiger partial charge in [0.25, 0.3) is 5.91 Å². The second kappa shape index (κ2) is 8.23. The lowest BCUT2D eigenvalue weighted by molar-refractivity contribution is -0.114. The molecule has 0 saturated carbocycles. The van der Waals surface area contributed by atoms with E-state index >= 15 is 0 Å². The van der Waals surface area contributed by atoms with Gasteiger partial charge in [0.2, 0.25) is 0 Å². The Labute approximate surface area is 188 Å². The molecule has 1 amide bonds. The standard InChI is InChI=1S/C22H15Br3N2O/c23-15-3-1-14(2-4-15)21-13-20(26-18-9-5-16(24)6-10-18)22(28)27(21)19-11-7-17(25)8-12-19/h1-13,21,26H/t21-/m0/s1. The van der Waals surface area contributed by atoms with Crippen LogP contribution in [-0.2, 0) is 4.79 Å². The molecule has 1 N–H and O–H groups in total. The highest BCUT2D eigenvalue weighted by Gasteiger charge is 2.34. The number of nitrogens with one attached hydrogen (secondary N) is 1. The zero-order valence-corrected chi connectivity index (χ0v) is 19.3. The first-order chi connectivity index (χ1) is 13.5. The van der Waals surface area contributed by atoms with Gasteiger partial charge in [-0.15, -0.1) is 0 Å². The minimum atomic E-state index is -0.181. The summed E-state index contributed by atoms with van der Waals surface area (Å²) in [6.07, 6.45) is 1.98. The predicted molar refractivity (Wildman–Crippen MR) is 124 cm³/mol. The van der Waals surface area contributed by atoms with Gasteiger partial charge in [-0.25, -0.2) is 0 Å². The molecule has 0 aliphatic carbocycles. The Bertz CT molecular complexity index is 1030. The van der Waals surface area contributed by atoms with Gasteiger partial charge in [-0.1, -0.05) is 59.9 Å². The van der Waals surface area contributed by atoms with Crippen molar-refractivity contribution in [1.82, 2.24) is 0 Å². The van der Waals surface area contributed by atoms with Gasteiger partial charge in [0, 0.05) is 24.8 Å². The first-order valence-electron chi connectivity index (χ1n) is 8.60. The Morgan fingerprint density at radius 2 is 1.21 bits per heavy atom. The fourth-order valence-corrected chi connectivity index (χ4v) is 3.92. The van der Waals surface area contributed by atoms with Crippen molar-refractivity contribution in [3.63, 3.8) is 0 Å². The predicted octanol–water partition coefficient (Wildman–Crippen LogP) is 7.06. The van der Waals surface area contributed by atoms with Crippen molar-refractivity contribution < 1.29 is 4.79 Å². The minimum absolute atomic E-state index is 0.0573. The zero-order valence-electron chi connectivity index (χ0n) is 14.6. The van der Waals surface area contributed by atoms with E-state index in [9.17, 15) is 4.79 Å². The third kappa shape index (κ3) is 4.09. The number of hydrogen-bond acceptors (Lipinski definition) is 2. The zero-order chi connectivity index (χ0) is 19.7. The summed E-state index contributed by atoms with van der Waals surface area (Å²) in [5.41, 5.74) is 3.34. The van der Waals surface area contributed by atoms with E-state index in [0.717, 1.165) is 30.4 Å². The fraction of sp³-hybridized carbons (Fsp3) is 0.0455. The summed E-state index contributed by atoms with van der Waals surface area (Å²) in [5, 5.41) is 3.27. The number of nitrogens with zero attached hydrogens (tertiary/aromatic N) is 1. The van der Waals surface area contributed by atoms with Crippen LogP contribution in [0, 0.1) is 0 Å². The number of hydrogen-bond donors (Lipinski definition) is 1. The smallest absolute Gasteiger partial charge is 0.275 e. The second-order valence-corrected chi connectivity index (χ2v) is 9.11. The van der Waals surface area contributed by atoms with Gasteiger partial charge in [-0.3, -0.25) is 9.69 Å². The molecule has 0 fully saturated rings. The number of carbonyl (C=O) groups is 1. The Hall–Kier alpha value is -1.89. The van der Waals surface area contributed by atoms with Crippen LogP contribution in [0.4, 0.5) is 11.4 Å². The molecule has 1 aliphatic rings. The highest BCUT2D eigenvalue weighted by molar-refractivity contribution is 9.11. The lowest BCUT2D eigenvalue weighted by Crippen LogP contribution is -2.30. The van der Waals surface area contributed by atoms with Gasteiger partial charge in [0.1, 0.15) is 5.70 Å². The number of halogens is 3. The monoisotopic (exact) mass is 560 g/mol. The van der Waals surface area contributed by atoms with Crippen LogP contribution in [0.2, 0.25) is 0 Å². The van der Waals surface area contributed by atoms with Crippen LogP contribution in [0.3, 0.4) is 0 Å². The Morgan fingerprint density at radius 1 is 0.714 bits per heavy atom. The van der Waals surface area contributed by atoms with Crippen molar-refractivity contribution in [3.8, 4) is 0 Å². The van der Waals surface area contributed by atoms with Crippen molar-refractivity contribution in [1.29, 1.82) is 0 Å². The lowest BCUT2D eigenvalue weighted by Gasteiger charge is -2.25. The largest absolute Gasteiger partial charge is 0.351 e. The molecule has 3 aromatic rings. The molecule has 28 heavy (non-hydrogen) atoms. The SMILES string of the molecule is O=C1C(Nc2ccc(Br)cc2)=C[C@@H](c2ccc(Br)cc2)N1c1ccc(Br)cc1. The number of carbonyl (C=O) groups excluding carboxylic acids is 1. The van der Waals surface area contributed by atoms with E-state index in [1.807, 2.05) is 83.8 Å². The second-order valence-electron chi connectivity index (χ2n) is 6.36. The molecule has 0 saturated heterocycles. The van der Waals surface area contributed by atoms with Crippen LogP contribution in [0.5, 0.6) is 0 Å². The summed E-state index contributed by atoms with van der Waals surface area (Å²) in [6, 6.07) is 23.4. The van der Waals surface area contributed by atoms with Gasteiger partial charge in [0.05, 0.1) is 6.04 Å². The average Bonchev–Trinajstić information content (AvgIpc) is 3.01. The van der Waals surface area contributed by atoms with Crippen molar-refractivity contribution in [2.45, 2.75) is 6.04 Å². The molecule has 1 heterocycles. The Morgan fingerprint density at radius 3 is 1.79 bits per heavy atom. The third-order valence-corrected chi connectivity index (χ3v) is 6.08. The van der Waals surface area contributed by atoms with Gasteiger partial charge in [-0.05, 0) is 72.3 Å². The maximum Gasteiger partial charge on any atom is 0.275 e. The number of rotatable bonds is 4. The normalized spacial score (nSPS) is 16.2. The van der Waals surface area contributed by atoms with E-state index in [2.05, 4.69) is 53.1 Å². The number of amides is 1. The van der Waals surface area contributed by atoms with Crippen molar-refractivity contribution in [2.75, 3.05) is 10.2 Å². The third-order valence-electron chi connectivity index (χ3n) is 4.49. The first kappa shape index (κ1) is 19.4. The first-order valence-corrected chi connectivity index (χ1v) is 11.0. The van der Waals surface area contributed by atoms with E-state index in [-0.39, 0.29) is 11.9 Å². The van der Waals surface area contributed by atoms with Gasteiger partial charge >= 0.3 is 0 Å². The van der Waals surface area contributed by atoms with Crippen LogP contribution < -0.4 is 10.2 Å². The molecule has 4 rings (SSSR count). The van der Waals surface area contributed by atoms with Gasteiger partial charge in [-0.2, -0.15) is 0 Å². The summed E-state index contributed by atoms with van der Waals surface area (Å²) < 4.78 is 2.98. The van der Waals surface area contributed by atoms with Crippen LogP contribution in [0.15, 0.2) is 98.0 Å². The number of benzene rings is 3. The molecule has 6 heteroatoms. The quantitative estimate of drug-likeness (QED) is 0.369. The summed E-state index contributed by atoms with van der Waals surface area (Å²) in [6.45, 7) is 0. The molecule has 140 valence electrons. The molecule has 0 aromatic heterocycles. The van der Waals surface area contributed by atoms with E-state index in [1.54, 1.807) is 0 Å². The van der Waals surface area contributed by atoms with Crippen LogP contribution >= 0.6 is 47.8 Å². The van der Waals surface area contributed by atoms with Crippen molar-refractivity contribution >= 4 is 65.1 Å². The van der Waals surface area contributed by atoms with Crippen LogP contribution in [0.25, 0.3) is 0 Å². The maximum absolute atomic E-state index is 13.3. The molecule has 1 aliphatic heterocycles. The molecule has 0 unspecified atom stereocenters. The van der Waals surface area contributed by atoms with Crippen LogP contribution in [-0.4, -0.2) is 5.91 Å². The fourth-order valence-electron chi connectivity index (χ4n) is 3.13. The van der Waals surface area contributed by atoms with Gasteiger partial charge < -0.3 is 5.32 Å². The average molecular weight is 563 g/mol. The Balaban J connectivity index is 1.72. The molecule has 3 aromatic carbocycles. The van der Waals surface area contributed by atoms with Crippen molar-refractivity contribution in [3.05, 3.63) is 104 Å². The maximum atomic E-state index is 13.3. The molecular formula is C22H15Br3N2O. The molecule has 0 bridgehead atoms. The summed E-state index contributed by atoms with van der Waals surface area (Å²) in [5.74, 6) is -0.0573. The number of anilines is 2. The minimum Gasteiger partial charge on any atom is -0.351 e.